The van der Waals surface area contributed by atoms with Crippen molar-refractivity contribution in [2.45, 2.75) is 13.3 Å². The van der Waals surface area contributed by atoms with Gasteiger partial charge in [0, 0.05) is 12.7 Å². The largest absolute Gasteiger partial charge is 0.480 e. The van der Waals surface area contributed by atoms with Gasteiger partial charge in [-0.15, -0.1) is 0 Å². The zero-order valence-electron chi connectivity index (χ0n) is 12.2. The van der Waals surface area contributed by atoms with Crippen LogP contribution in [0.15, 0.2) is 42.6 Å². The van der Waals surface area contributed by atoms with E-state index in [0.29, 0.717) is 29.4 Å². The lowest BCUT2D eigenvalue weighted by Gasteiger charge is -2.24. The van der Waals surface area contributed by atoms with Crippen LogP contribution in [-0.4, -0.2) is 24.5 Å². The van der Waals surface area contributed by atoms with Gasteiger partial charge in [-0.2, -0.15) is 0 Å². The summed E-state index contributed by atoms with van der Waals surface area (Å²) < 4.78 is 5.17. The van der Waals surface area contributed by atoms with Crippen LogP contribution in [0, 0.1) is 0 Å². The van der Waals surface area contributed by atoms with Crippen molar-refractivity contribution in [1.29, 1.82) is 0 Å². The zero-order valence-corrected chi connectivity index (χ0v) is 12.2. The van der Waals surface area contributed by atoms with Crippen molar-refractivity contribution >= 4 is 17.3 Å². The molecule has 0 aliphatic rings. The van der Waals surface area contributed by atoms with Crippen LogP contribution in [0.4, 0.5) is 11.4 Å². The number of carbonyl (C=O) groups excluding carboxylic acids is 1. The number of nitrogen functional groups attached to an aromatic ring is 1. The second-order valence-corrected chi connectivity index (χ2v) is 4.58. The first-order valence-corrected chi connectivity index (χ1v) is 6.84. The van der Waals surface area contributed by atoms with E-state index in [1.807, 2.05) is 25.1 Å². The summed E-state index contributed by atoms with van der Waals surface area (Å²) >= 11 is 0. The van der Waals surface area contributed by atoms with Gasteiger partial charge in [0.15, 0.2) is 0 Å². The predicted octanol–water partition coefficient (Wildman–Crippen LogP) is 2.73. The second kappa shape index (κ2) is 6.74. The van der Waals surface area contributed by atoms with Gasteiger partial charge in [-0.25, -0.2) is 4.98 Å². The van der Waals surface area contributed by atoms with Gasteiger partial charge in [0.1, 0.15) is 5.56 Å². The number of nitrogens with two attached hydrogens (primary N) is 1. The number of rotatable bonds is 5. The number of para-hydroxylation sites is 2. The Morgan fingerprint density at radius 3 is 2.71 bits per heavy atom. The number of pyridine rings is 1. The molecule has 0 aliphatic heterocycles. The SMILES string of the molecule is CCCN(C(=O)c1cccnc1OC)c1ccccc1N. The number of aromatic nitrogens is 1. The lowest BCUT2D eigenvalue weighted by molar-refractivity contribution is 0.0983. The first-order valence-electron chi connectivity index (χ1n) is 6.84. The van der Waals surface area contributed by atoms with E-state index in [2.05, 4.69) is 4.98 Å². The van der Waals surface area contributed by atoms with E-state index in [-0.39, 0.29) is 5.91 Å². The van der Waals surface area contributed by atoms with E-state index in [4.69, 9.17) is 10.5 Å². The highest BCUT2D eigenvalue weighted by Gasteiger charge is 2.22. The zero-order chi connectivity index (χ0) is 15.2. The number of hydrogen-bond donors (Lipinski definition) is 1. The first-order chi connectivity index (χ1) is 10.2. The maximum absolute atomic E-state index is 12.8. The molecule has 110 valence electrons. The van der Waals surface area contributed by atoms with Crippen molar-refractivity contribution in [3.05, 3.63) is 48.2 Å². The van der Waals surface area contributed by atoms with E-state index < -0.39 is 0 Å². The van der Waals surface area contributed by atoms with Gasteiger partial charge in [-0.1, -0.05) is 19.1 Å². The minimum Gasteiger partial charge on any atom is -0.480 e. The normalized spacial score (nSPS) is 10.2. The fourth-order valence-corrected chi connectivity index (χ4v) is 2.15. The molecule has 21 heavy (non-hydrogen) atoms. The van der Waals surface area contributed by atoms with E-state index in [9.17, 15) is 4.79 Å². The Kier molecular flexibility index (Phi) is 4.77. The molecule has 0 spiro atoms. The van der Waals surface area contributed by atoms with Crippen LogP contribution in [0.1, 0.15) is 23.7 Å². The number of nitrogens with zero attached hydrogens (tertiary/aromatic N) is 2. The average Bonchev–Trinajstić information content (AvgIpc) is 2.53. The van der Waals surface area contributed by atoms with E-state index >= 15 is 0 Å². The van der Waals surface area contributed by atoms with Gasteiger partial charge in [-0.3, -0.25) is 4.79 Å². The Balaban J connectivity index is 2.43. The van der Waals surface area contributed by atoms with Crippen molar-refractivity contribution in [2.24, 2.45) is 0 Å². The Labute approximate surface area is 124 Å². The molecule has 0 bridgehead atoms. The molecule has 5 heteroatoms. The summed E-state index contributed by atoms with van der Waals surface area (Å²) in [6, 6.07) is 10.8. The summed E-state index contributed by atoms with van der Waals surface area (Å²) in [4.78, 5) is 18.6. The van der Waals surface area contributed by atoms with Gasteiger partial charge in [0.2, 0.25) is 5.88 Å². The quantitative estimate of drug-likeness (QED) is 0.858. The van der Waals surface area contributed by atoms with Crippen molar-refractivity contribution in [3.63, 3.8) is 0 Å². The van der Waals surface area contributed by atoms with Crippen molar-refractivity contribution in [3.8, 4) is 5.88 Å². The molecule has 1 aromatic carbocycles. The predicted molar refractivity (Wildman–Crippen MR) is 83.6 cm³/mol. The number of anilines is 2. The Morgan fingerprint density at radius 2 is 2.05 bits per heavy atom. The third-order valence-corrected chi connectivity index (χ3v) is 3.11. The Bertz CT molecular complexity index is 628. The minimum atomic E-state index is -0.167. The Morgan fingerprint density at radius 1 is 1.29 bits per heavy atom. The molecule has 0 aliphatic carbocycles. The average molecular weight is 285 g/mol. The topological polar surface area (TPSA) is 68.5 Å². The molecule has 1 heterocycles. The second-order valence-electron chi connectivity index (χ2n) is 4.58. The van der Waals surface area contributed by atoms with E-state index in [0.717, 1.165) is 6.42 Å². The van der Waals surface area contributed by atoms with Gasteiger partial charge in [-0.05, 0) is 30.7 Å². The molecule has 0 radical (unpaired) electrons. The monoisotopic (exact) mass is 285 g/mol. The van der Waals surface area contributed by atoms with Crippen molar-refractivity contribution in [1.82, 2.24) is 4.98 Å². The third kappa shape index (κ3) is 3.13. The molecule has 0 saturated heterocycles. The molecule has 0 saturated carbocycles. The van der Waals surface area contributed by atoms with Crippen LogP contribution >= 0.6 is 0 Å². The summed E-state index contributed by atoms with van der Waals surface area (Å²) in [5, 5.41) is 0. The number of amides is 1. The maximum Gasteiger partial charge on any atom is 0.263 e. The Hall–Kier alpha value is -2.56. The summed E-state index contributed by atoms with van der Waals surface area (Å²) in [5.41, 5.74) is 7.70. The van der Waals surface area contributed by atoms with Gasteiger partial charge >= 0.3 is 0 Å². The molecule has 1 aromatic heterocycles. The number of carbonyl (C=O) groups is 1. The number of hydrogen-bond acceptors (Lipinski definition) is 4. The highest BCUT2D eigenvalue weighted by atomic mass is 16.5. The molecule has 0 unspecified atom stereocenters. The molecule has 2 rings (SSSR count). The van der Waals surface area contributed by atoms with Gasteiger partial charge in [0.25, 0.3) is 5.91 Å². The highest BCUT2D eigenvalue weighted by molar-refractivity contribution is 6.08. The van der Waals surface area contributed by atoms with Crippen LogP contribution < -0.4 is 15.4 Å². The van der Waals surface area contributed by atoms with Crippen LogP contribution in [0.25, 0.3) is 0 Å². The smallest absolute Gasteiger partial charge is 0.263 e. The molecule has 0 atom stereocenters. The molecular formula is C16H19N3O2. The minimum absolute atomic E-state index is 0.167. The lowest BCUT2D eigenvalue weighted by atomic mass is 10.2. The standard InChI is InChI=1S/C16H19N3O2/c1-3-11-19(14-9-5-4-8-13(14)17)16(20)12-7-6-10-18-15(12)21-2/h4-10H,3,11,17H2,1-2H3. The summed E-state index contributed by atoms with van der Waals surface area (Å²) in [5.74, 6) is 0.151. The summed E-state index contributed by atoms with van der Waals surface area (Å²) in [7, 11) is 1.50. The molecule has 0 fully saturated rings. The van der Waals surface area contributed by atoms with Crippen LogP contribution in [0.5, 0.6) is 5.88 Å². The first kappa shape index (κ1) is 14.8. The number of benzene rings is 1. The van der Waals surface area contributed by atoms with E-state index in [1.54, 1.807) is 29.3 Å². The summed E-state index contributed by atoms with van der Waals surface area (Å²) in [6.45, 7) is 2.59. The fraction of sp³-hybridized carbons (Fsp3) is 0.250. The third-order valence-electron chi connectivity index (χ3n) is 3.11. The lowest BCUT2D eigenvalue weighted by Crippen LogP contribution is -2.32. The number of ether oxygens (including phenoxy) is 1. The maximum atomic E-state index is 12.8. The number of methoxy groups -OCH3 is 1. The van der Waals surface area contributed by atoms with Crippen LogP contribution in [0.3, 0.4) is 0 Å². The molecule has 2 aromatic rings. The van der Waals surface area contributed by atoms with Crippen molar-refractivity contribution in [2.75, 3.05) is 24.3 Å². The fourth-order valence-electron chi connectivity index (χ4n) is 2.15. The molecular weight excluding hydrogens is 266 g/mol. The highest BCUT2D eigenvalue weighted by Crippen LogP contribution is 2.26. The van der Waals surface area contributed by atoms with Gasteiger partial charge in [0.05, 0.1) is 18.5 Å². The van der Waals surface area contributed by atoms with E-state index in [1.165, 1.54) is 7.11 Å². The summed E-state index contributed by atoms with van der Waals surface area (Å²) in [6.07, 6.45) is 2.42. The van der Waals surface area contributed by atoms with Gasteiger partial charge < -0.3 is 15.4 Å². The van der Waals surface area contributed by atoms with Crippen LogP contribution in [-0.2, 0) is 0 Å². The molecule has 5 nitrogen and oxygen atoms in total. The molecule has 1 amide bonds. The van der Waals surface area contributed by atoms with Crippen molar-refractivity contribution < 1.29 is 9.53 Å². The molecule has 2 N–H and O–H groups in total. The van der Waals surface area contributed by atoms with Crippen LogP contribution in [0.2, 0.25) is 0 Å².